The molecule has 29 heavy (non-hydrogen) atoms. The monoisotopic (exact) mass is 419 g/mol. The fraction of sp³-hybridized carbons (Fsp3) is 0.0800. The van der Waals surface area contributed by atoms with E-state index in [1.54, 1.807) is 7.11 Å². The zero-order valence-corrected chi connectivity index (χ0v) is 17.9. The van der Waals surface area contributed by atoms with Gasteiger partial charge in [-0.1, -0.05) is 54.6 Å². The topological polar surface area (TPSA) is 22.1 Å². The van der Waals surface area contributed by atoms with E-state index in [0.717, 1.165) is 6.16 Å². The molecule has 0 N–H and O–H groups in total. The largest absolute Gasteiger partial charge is 1.00 e. The van der Waals surface area contributed by atoms with Crippen LogP contribution >= 0.6 is 7.26 Å². The van der Waals surface area contributed by atoms with Crippen molar-refractivity contribution in [1.82, 2.24) is 4.98 Å². The van der Waals surface area contributed by atoms with Crippen molar-refractivity contribution in [1.29, 1.82) is 0 Å². The molecule has 0 spiro atoms. The molecule has 0 aliphatic heterocycles. The molecule has 0 fully saturated rings. The van der Waals surface area contributed by atoms with Crippen LogP contribution in [-0.4, -0.2) is 12.1 Å². The second-order valence-electron chi connectivity index (χ2n) is 6.68. The van der Waals surface area contributed by atoms with Crippen LogP contribution in [0.1, 0.15) is 5.56 Å². The highest BCUT2D eigenvalue weighted by Gasteiger charge is 2.45. The molecule has 4 rings (SSSR count). The normalized spacial score (nSPS) is 10.8. The highest BCUT2D eigenvalue weighted by Crippen LogP contribution is 2.58. The molecule has 0 saturated heterocycles. The fourth-order valence-electron chi connectivity index (χ4n) is 3.67. The quantitative estimate of drug-likeness (QED) is 0.443. The lowest BCUT2D eigenvalue weighted by Gasteiger charge is -2.27. The zero-order valence-electron chi connectivity index (χ0n) is 16.3. The molecule has 0 aliphatic carbocycles. The van der Waals surface area contributed by atoms with E-state index in [4.69, 9.17) is 4.74 Å². The molecule has 4 aromatic rings. The van der Waals surface area contributed by atoms with Crippen LogP contribution in [0.2, 0.25) is 0 Å². The summed E-state index contributed by atoms with van der Waals surface area (Å²) in [6.45, 7) is 0. The van der Waals surface area contributed by atoms with Gasteiger partial charge in [0.15, 0.2) is 0 Å². The number of hydrogen-bond donors (Lipinski definition) is 0. The Hall–Kier alpha value is -2.67. The lowest BCUT2D eigenvalue weighted by molar-refractivity contribution is -0.00000590. The Kier molecular flexibility index (Phi) is 7.04. The summed E-state index contributed by atoms with van der Waals surface area (Å²) < 4.78 is 5.25. The molecule has 2 nitrogen and oxygen atoms in total. The van der Waals surface area contributed by atoms with Crippen LogP contribution in [0.15, 0.2) is 109 Å². The molecule has 0 amide bonds. The third kappa shape index (κ3) is 4.34. The van der Waals surface area contributed by atoms with Gasteiger partial charge in [-0.3, -0.25) is 0 Å². The Balaban J connectivity index is 0.00000240. The molecule has 0 saturated carbocycles. The maximum absolute atomic E-state index is 5.25. The van der Waals surface area contributed by atoms with Gasteiger partial charge in [-0.15, -0.1) is 0 Å². The summed E-state index contributed by atoms with van der Waals surface area (Å²) in [6.07, 6.45) is 2.87. The number of aromatic nitrogens is 1. The maximum atomic E-state index is 5.25. The van der Waals surface area contributed by atoms with Crippen LogP contribution in [-0.2, 0) is 6.16 Å². The fourth-order valence-corrected chi connectivity index (χ4v) is 7.89. The third-order valence-corrected chi connectivity index (χ3v) is 9.40. The van der Waals surface area contributed by atoms with E-state index in [1.165, 1.54) is 21.5 Å². The minimum absolute atomic E-state index is 0. The van der Waals surface area contributed by atoms with E-state index in [1.807, 2.05) is 12.3 Å². The number of halogens is 1. The molecule has 146 valence electrons. The van der Waals surface area contributed by atoms with E-state index >= 15 is 0 Å². The summed E-state index contributed by atoms with van der Waals surface area (Å²) in [5.74, 6) is 0.645. The molecule has 1 heterocycles. The number of methoxy groups -OCH3 is 1. The van der Waals surface area contributed by atoms with Crippen molar-refractivity contribution < 1.29 is 17.1 Å². The standard InChI is InChI=1S/C25H23NOP.ClH/c1-27-25-18-17-21(19-26-25)20-28(22-11-5-2-6-12-22,23-13-7-3-8-14-23)24-15-9-4-10-16-24;/h2-19H,20H2,1H3;1H/q+1;/p-1. The van der Waals surface area contributed by atoms with Gasteiger partial charge in [0.2, 0.25) is 5.88 Å². The number of rotatable bonds is 6. The van der Waals surface area contributed by atoms with E-state index in [-0.39, 0.29) is 12.4 Å². The van der Waals surface area contributed by atoms with E-state index in [2.05, 4.69) is 102 Å². The van der Waals surface area contributed by atoms with Crippen LogP contribution in [0.25, 0.3) is 0 Å². The van der Waals surface area contributed by atoms with Gasteiger partial charge >= 0.3 is 0 Å². The molecule has 4 heteroatoms. The van der Waals surface area contributed by atoms with Crippen molar-refractivity contribution in [3.8, 4) is 5.88 Å². The summed E-state index contributed by atoms with van der Waals surface area (Å²) in [6, 6.07) is 36.8. The number of benzene rings is 3. The number of nitrogens with zero attached hydrogens (tertiary/aromatic N) is 1. The zero-order chi connectivity index (χ0) is 19.2. The molecule has 0 bridgehead atoms. The van der Waals surface area contributed by atoms with Crippen molar-refractivity contribution in [2.45, 2.75) is 6.16 Å². The maximum Gasteiger partial charge on any atom is 0.212 e. The molecule has 3 aromatic carbocycles. The van der Waals surface area contributed by atoms with Crippen LogP contribution in [0.3, 0.4) is 0 Å². The number of ether oxygens (including phenoxy) is 1. The minimum Gasteiger partial charge on any atom is -1.00 e. The molecule has 0 atom stereocenters. The summed E-state index contributed by atoms with van der Waals surface area (Å²) in [7, 11) is -0.230. The predicted octanol–water partition coefficient (Wildman–Crippen LogP) is 1.59. The Bertz CT molecular complexity index is 912. The average Bonchev–Trinajstić information content (AvgIpc) is 2.80. The predicted molar refractivity (Wildman–Crippen MR) is 120 cm³/mol. The first-order chi connectivity index (χ1) is 13.8. The smallest absolute Gasteiger partial charge is 0.212 e. The van der Waals surface area contributed by atoms with Gasteiger partial charge in [-0.25, -0.2) is 4.98 Å². The van der Waals surface area contributed by atoms with Crippen molar-refractivity contribution in [3.63, 3.8) is 0 Å². The van der Waals surface area contributed by atoms with Crippen molar-refractivity contribution in [2.24, 2.45) is 0 Å². The van der Waals surface area contributed by atoms with Crippen LogP contribution in [0, 0.1) is 0 Å². The third-order valence-electron chi connectivity index (χ3n) is 5.02. The van der Waals surface area contributed by atoms with Gasteiger partial charge in [0, 0.05) is 17.8 Å². The van der Waals surface area contributed by atoms with E-state index in [0.29, 0.717) is 5.88 Å². The van der Waals surface area contributed by atoms with Gasteiger partial charge < -0.3 is 17.1 Å². The van der Waals surface area contributed by atoms with E-state index < -0.39 is 7.26 Å². The summed E-state index contributed by atoms with van der Waals surface area (Å²) in [4.78, 5) is 4.46. The van der Waals surface area contributed by atoms with Gasteiger partial charge in [-0.2, -0.15) is 0 Å². The highest BCUT2D eigenvalue weighted by molar-refractivity contribution is 7.95. The van der Waals surface area contributed by atoms with Crippen LogP contribution in [0.4, 0.5) is 0 Å². The molecule has 0 radical (unpaired) electrons. The lowest BCUT2D eigenvalue weighted by Crippen LogP contribution is -3.00. The average molecular weight is 420 g/mol. The van der Waals surface area contributed by atoms with Gasteiger partial charge in [-0.05, 0) is 42.5 Å². The Morgan fingerprint density at radius 3 is 1.45 bits per heavy atom. The SMILES string of the molecule is COc1ccc(C[P+](c2ccccc2)(c2ccccc2)c2ccccc2)cn1.[Cl-]. The summed E-state index contributed by atoms with van der Waals surface area (Å²) in [5.41, 5.74) is 1.21. The number of hydrogen-bond acceptors (Lipinski definition) is 2. The Morgan fingerprint density at radius 2 is 1.10 bits per heavy atom. The summed E-state index contributed by atoms with van der Waals surface area (Å²) >= 11 is 0. The lowest BCUT2D eigenvalue weighted by atomic mass is 10.3. The molecular formula is C25H23ClNOP. The van der Waals surface area contributed by atoms with Crippen molar-refractivity contribution >= 4 is 23.2 Å². The van der Waals surface area contributed by atoms with Crippen molar-refractivity contribution in [3.05, 3.63) is 115 Å². The second-order valence-corrected chi connectivity index (χ2v) is 10.2. The van der Waals surface area contributed by atoms with Crippen LogP contribution in [0.5, 0.6) is 5.88 Å². The van der Waals surface area contributed by atoms with Crippen molar-refractivity contribution in [2.75, 3.05) is 7.11 Å². The first kappa shape index (κ1) is 21.0. The molecule has 0 unspecified atom stereocenters. The Labute approximate surface area is 179 Å². The molecular weight excluding hydrogens is 397 g/mol. The molecule has 1 aromatic heterocycles. The van der Waals surface area contributed by atoms with Crippen LogP contribution < -0.4 is 33.1 Å². The first-order valence-electron chi connectivity index (χ1n) is 9.37. The second kappa shape index (κ2) is 9.69. The van der Waals surface area contributed by atoms with Gasteiger partial charge in [0.05, 0.1) is 13.3 Å². The summed E-state index contributed by atoms with van der Waals surface area (Å²) in [5, 5.41) is 4.13. The molecule has 0 aliphatic rings. The Morgan fingerprint density at radius 1 is 0.655 bits per heavy atom. The first-order valence-corrected chi connectivity index (χ1v) is 11.3. The van der Waals surface area contributed by atoms with Gasteiger partial charge in [0.1, 0.15) is 23.2 Å². The van der Waals surface area contributed by atoms with E-state index in [9.17, 15) is 0 Å². The minimum atomic E-state index is -1.88. The highest BCUT2D eigenvalue weighted by atomic mass is 35.5. The van der Waals surface area contributed by atoms with Gasteiger partial charge in [0.25, 0.3) is 0 Å². The number of pyridine rings is 1.